The van der Waals surface area contributed by atoms with Gasteiger partial charge in [0.2, 0.25) is 17.7 Å². The van der Waals surface area contributed by atoms with Crippen LogP contribution >= 0.6 is 7.60 Å². The molecular formula is C55H97N4O14P. The number of esters is 1. The van der Waals surface area contributed by atoms with Crippen LogP contribution < -0.4 is 21.3 Å². The third-order valence-corrected chi connectivity index (χ3v) is 13.6. The van der Waals surface area contributed by atoms with Crippen molar-refractivity contribution >= 4 is 43.3 Å². The molecule has 0 saturated carbocycles. The molecule has 4 amide bonds. The lowest BCUT2D eigenvalue weighted by Gasteiger charge is -2.32. The van der Waals surface area contributed by atoms with Gasteiger partial charge in [-0.15, -0.1) is 0 Å². The van der Waals surface area contributed by atoms with Crippen molar-refractivity contribution in [1.29, 1.82) is 0 Å². The first-order valence-corrected chi connectivity index (χ1v) is 29.0. The van der Waals surface area contributed by atoms with Gasteiger partial charge in [0.1, 0.15) is 30.9 Å². The first-order valence-electron chi connectivity index (χ1n) is 27.3. The van der Waals surface area contributed by atoms with Gasteiger partial charge >= 0.3 is 25.6 Å². The molecule has 0 aliphatic carbocycles. The van der Waals surface area contributed by atoms with Gasteiger partial charge in [0.25, 0.3) is 0 Å². The van der Waals surface area contributed by atoms with Gasteiger partial charge in [0.05, 0.1) is 37.2 Å². The maximum absolute atomic E-state index is 13.3. The Morgan fingerprint density at radius 2 is 1.07 bits per heavy atom. The zero-order chi connectivity index (χ0) is 55.3. The Bertz CT molecular complexity index is 1760. The van der Waals surface area contributed by atoms with E-state index in [0.29, 0.717) is 32.0 Å². The van der Waals surface area contributed by atoms with Crippen LogP contribution in [0, 0.1) is 0 Å². The molecule has 0 aliphatic heterocycles. The molecule has 0 unspecified atom stereocenters. The van der Waals surface area contributed by atoms with E-state index in [4.69, 9.17) is 28.0 Å². The van der Waals surface area contributed by atoms with Gasteiger partial charge < -0.3 is 54.4 Å². The highest BCUT2D eigenvalue weighted by molar-refractivity contribution is 7.53. The van der Waals surface area contributed by atoms with Crippen molar-refractivity contribution in [2.24, 2.45) is 0 Å². The summed E-state index contributed by atoms with van der Waals surface area (Å²) in [5.74, 6) is -2.64. The highest BCUT2D eigenvalue weighted by Crippen LogP contribution is 2.55. The predicted octanol–water partition coefficient (Wildman–Crippen LogP) is 10.5. The Balaban J connectivity index is 2.14. The lowest BCUT2D eigenvalue weighted by Crippen LogP contribution is -2.44. The van der Waals surface area contributed by atoms with Crippen LogP contribution in [0.5, 0.6) is 0 Å². The highest BCUT2D eigenvalue weighted by atomic mass is 31.2. The smallest absolute Gasteiger partial charge is 0.408 e. The standard InChI is InChI=1S/C55H97N4O14P/c1-53(2,3)71-51(65)46(58-48(61)33-26-21-19-17-15-13-11-10-12-14-16-18-20-22-29-41-74(67,72-54(4,5)6)73-55(7,8)9)34-35-47(60)57-37-38-68-39-40-69-43-49(62)56-36-28-27-32-45(50(63)64)59-52(66)70-42-44-30-24-23-25-31-44/h23-25,30-31,45-46H,10-22,26-29,32-43H2,1-9H3,(H,56,62)(H,57,60)(H,58,61)(H,59,66)(H,63,64)/t45-,46-/m0/s1. The number of ether oxygens (including phenoxy) is 4. The van der Waals surface area contributed by atoms with Crippen molar-refractivity contribution < 1.29 is 66.4 Å². The number of benzene rings is 1. The zero-order valence-electron chi connectivity index (χ0n) is 46.7. The number of hydrogen-bond donors (Lipinski definition) is 5. The average Bonchev–Trinajstić information content (AvgIpc) is 3.29. The fraction of sp³-hybridized carbons (Fsp3) is 0.782. The molecule has 0 radical (unpaired) electrons. The molecule has 0 fully saturated rings. The molecule has 1 aromatic carbocycles. The van der Waals surface area contributed by atoms with Crippen LogP contribution in [-0.2, 0) is 63.1 Å². The monoisotopic (exact) mass is 1070 g/mol. The Hall–Kier alpha value is -4.09. The quantitative estimate of drug-likeness (QED) is 0.0232. The number of alkyl carbamates (subject to hydrolysis) is 1. The van der Waals surface area contributed by atoms with Crippen LogP contribution in [0.1, 0.15) is 203 Å². The summed E-state index contributed by atoms with van der Waals surface area (Å²) in [7, 11) is -3.15. The molecule has 0 aromatic heterocycles. The summed E-state index contributed by atoms with van der Waals surface area (Å²) in [6.07, 6.45) is 17.8. The molecule has 5 N–H and O–H groups in total. The summed E-state index contributed by atoms with van der Waals surface area (Å²) in [5.41, 5.74) is -1.01. The maximum Gasteiger partial charge on any atom is 0.408 e. The van der Waals surface area contributed by atoms with E-state index >= 15 is 0 Å². The Labute approximate surface area is 443 Å². The number of aliphatic carboxylic acids is 1. The molecule has 0 saturated heterocycles. The summed E-state index contributed by atoms with van der Waals surface area (Å²) in [6.45, 7) is 17.6. The largest absolute Gasteiger partial charge is 0.480 e. The van der Waals surface area contributed by atoms with Crippen molar-refractivity contribution in [3.8, 4) is 0 Å². The first kappa shape index (κ1) is 67.9. The molecule has 0 spiro atoms. The SMILES string of the molecule is CC(C)(C)OC(=O)[C@H](CCC(=O)NCCOCCOCC(=O)NCCCC[C@H](NC(=O)OCc1ccccc1)C(=O)O)NC(=O)CCCCCCCCCCCCCCCCCP(=O)(OC(C)(C)C)OC(C)(C)C. The van der Waals surface area contributed by atoms with Gasteiger partial charge in [-0.05, 0) is 106 Å². The van der Waals surface area contributed by atoms with Crippen LogP contribution in [0.25, 0.3) is 0 Å². The number of nitrogens with one attached hydrogen (secondary N) is 4. The van der Waals surface area contributed by atoms with Crippen molar-refractivity contribution in [2.75, 3.05) is 45.7 Å². The number of unbranched alkanes of at least 4 members (excludes halogenated alkanes) is 15. The van der Waals surface area contributed by atoms with Crippen molar-refractivity contribution in [2.45, 2.75) is 233 Å². The Kier molecular flexibility index (Phi) is 35.3. The molecule has 74 heavy (non-hydrogen) atoms. The number of carbonyl (C=O) groups excluding carboxylic acids is 5. The van der Waals surface area contributed by atoms with E-state index in [9.17, 15) is 38.4 Å². The molecule has 0 bridgehead atoms. The van der Waals surface area contributed by atoms with Gasteiger partial charge in [-0.1, -0.05) is 114 Å². The molecular weight excluding hydrogens is 972 g/mol. The molecule has 0 heterocycles. The van der Waals surface area contributed by atoms with Crippen LogP contribution in [0.4, 0.5) is 4.79 Å². The summed E-state index contributed by atoms with van der Waals surface area (Å²) in [4.78, 5) is 74.2. The van der Waals surface area contributed by atoms with Gasteiger partial charge in [0, 0.05) is 25.9 Å². The third kappa shape index (κ3) is 40.3. The lowest BCUT2D eigenvalue weighted by molar-refractivity contribution is -0.159. The fourth-order valence-corrected chi connectivity index (χ4v) is 10.1. The van der Waals surface area contributed by atoms with Gasteiger partial charge in [-0.2, -0.15) is 0 Å². The van der Waals surface area contributed by atoms with E-state index in [-0.39, 0.29) is 76.6 Å². The lowest BCUT2D eigenvalue weighted by atomic mass is 10.0. The van der Waals surface area contributed by atoms with E-state index in [0.717, 1.165) is 50.5 Å². The van der Waals surface area contributed by atoms with Gasteiger partial charge in [0.15, 0.2) is 0 Å². The number of carbonyl (C=O) groups is 6. The summed E-state index contributed by atoms with van der Waals surface area (Å²) >= 11 is 0. The number of carboxylic acids is 1. The van der Waals surface area contributed by atoms with Crippen molar-refractivity contribution in [3.05, 3.63) is 35.9 Å². The second kappa shape index (κ2) is 38.5. The predicted molar refractivity (Wildman–Crippen MR) is 288 cm³/mol. The summed E-state index contributed by atoms with van der Waals surface area (Å²) in [6, 6.07) is 6.96. The molecule has 1 rings (SSSR count). The minimum atomic E-state index is -3.15. The molecule has 426 valence electrons. The molecule has 0 aliphatic rings. The molecule has 1 aromatic rings. The maximum atomic E-state index is 13.3. The highest BCUT2D eigenvalue weighted by Gasteiger charge is 2.34. The van der Waals surface area contributed by atoms with Gasteiger partial charge in [-0.3, -0.25) is 18.9 Å². The molecule has 19 heteroatoms. The Morgan fingerprint density at radius 1 is 0.541 bits per heavy atom. The number of carboxylic acid groups (broad SMARTS) is 1. The van der Waals surface area contributed by atoms with Crippen LogP contribution in [0.2, 0.25) is 0 Å². The van der Waals surface area contributed by atoms with E-state index in [1.54, 1.807) is 32.9 Å². The normalized spacial score (nSPS) is 12.9. The van der Waals surface area contributed by atoms with Gasteiger partial charge in [-0.25, -0.2) is 14.4 Å². The molecule has 18 nitrogen and oxygen atoms in total. The third-order valence-electron chi connectivity index (χ3n) is 11.1. The summed E-state index contributed by atoms with van der Waals surface area (Å²) < 4.78 is 46.6. The van der Waals surface area contributed by atoms with E-state index < -0.39 is 54.5 Å². The molecule has 2 atom stereocenters. The fourth-order valence-electron chi connectivity index (χ4n) is 7.65. The second-order valence-corrected chi connectivity index (χ2v) is 24.0. The minimum absolute atomic E-state index is 0.00169. The zero-order valence-corrected chi connectivity index (χ0v) is 47.6. The average molecular weight is 1070 g/mol. The number of amides is 4. The van der Waals surface area contributed by atoms with E-state index in [1.807, 2.05) is 59.7 Å². The van der Waals surface area contributed by atoms with Crippen LogP contribution in [0.15, 0.2) is 30.3 Å². The second-order valence-electron chi connectivity index (χ2n) is 21.9. The van der Waals surface area contributed by atoms with Crippen LogP contribution in [0.3, 0.4) is 0 Å². The van der Waals surface area contributed by atoms with E-state index in [2.05, 4.69) is 21.3 Å². The topological polar surface area (TPSA) is 243 Å². The summed E-state index contributed by atoms with van der Waals surface area (Å²) in [5, 5.41) is 20.1. The number of rotatable bonds is 42. The van der Waals surface area contributed by atoms with Crippen molar-refractivity contribution in [1.82, 2.24) is 21.3 Å². The number of hydrogen-bond acceptors (Lipinski definition) is 13. The van der Waals surface area contributed by atoms with Crippen molar-refractivity contribution in [3.63, 3.8) is 0 Å². The Morgan fingerprint density at radius 3 is 1.61 bits per heavy atom. The minimum Gasteiger partial charge on any atom is -0.480 e. The van der Waals surface area contributed by atoms with Crippen LogP contribution in [-0.4, -0.2) is 115 Å². The van der Waals surface area contributed by atoms with E-state index in [1.165, 1.54) is 51.4 Å². The first-order chi connectivity index (χ1) is 34.9.